The predicted octanol–water partition coefficient (Wildman–Crippen LogP) is 2.02. The zero-order valence-electron chi connectivity index (χ0n) is 13.4. The second kappa shape index (κ2) is 8.41. The summed E-state index contributed by atoms with van der Waals surface area (Å²) in [6, 6.07) is 0.591. The van der Waals surface area contributed by atoms with Gasteiger partial charge in [0.15, 0.2) is 5.96 Å². The highest BCUT2D eigenvalue weighted by Gasteiger charge is 2.18. The van der Waals surface area contributed by atoms with Gasteiger partial charge in [-0.05, 0) is 46.6 Å². The molecule has 112 valence electrons. The number of aliphatic imine (C=N–C) groups is 1. The lowest BCUT2D eigenvalue weighted by Gasteiger charge is -2.33. The van der Waals surface area contributed by atoms with Crippen LogP contribution in [0.3, 0.4) is 0 Å². The van der Waals surface area contributed by atoms with E-state index in [-0.39, 0.29) is 0 Å². The molecule has 0 spiro atoms. The van der Waals surface area contributed by atoms with Gasteiger partial charge in [-0.15, -0.1) is 0 Å². The van der Waals surface area contributed by atoms with Gasteiger partial charge in [-0.2, -0.15) is 0 Å². The number of nitrogens with zero attached hydrogens (tertiary/aromatic N) is 3. The molecule has 4 heteroatoms. The third kappa shape index (κ3) is 5.81. The van der Waals surface area contributed by atoms with Gasteiger partial charge in [0.1, 0.15) is 0 Å². The molecule has 0 radical (unpaired) electrons. The van der Waals surface area contributed by atoms with Crippen molar-refractivity contribution in [3.05, 3.63) is 0 Å². The largest absolute Gasteiger partial charge is 0.357 e. The van der Waals surface area contributed by atoms with E-state index in [1.165, 1.54) is 12.8 Å². The molecule has 1 aliphatic rings. The first-order valence-electron chi connectivity index (χ1n) is 7.78. The molecule has 0 aromatic carbocycles. The van der Waals surface area contributed by atoms with Crippen LogP contribution >= 0.6 is 0 Å². The van der Waals surface area contributed by atoms with E-state index in [0.717, 1.165) is 44.6 Å². The first-order valence-corrected chi connectivity index (χ1v) is 7.78. The Hall–Kier alpha value is -0.770. The first-order chi connectivity index (χ1) is 9.04. The molecule has 1 aliphatic heterocycles. The summed E-state index contributed by atoms with van der Waals surface area (Å²) in [5.41, 5.74) is 0. The summed E-state index contributed by atoms with van der Waals surface area (Å²) in [6.45, 7) is 14.1. The van der Waals surface area contributed by atoms with Crippen LogP contribution in [-0.2, 0) is 0 Å². The Balaban J connectivity index is 2.50. The molecule has 0 aliphatic carbocycles. The Bertz CT molecular complexity index is 275. The molecule has 1 rings (SSSR count). The van der Waals surface area contributed by atoms with Crippen LogP contribution in [0.5, 0.6) is 0 Å². The number of hydrogen-bond donors (Lipinski definition) is 1. The van der Waals surface area contributed by atoms with Crippen LogP contribution in [0.15, 0.2) is 4.99 Å². The van der Waals surface area contributed by atoms with Gasteiger partial charge in [0.25, 0.3) is 0 Å². The van der Waals surface area contributed by atoms with Gasteiger partial charge in [0, 0.05) is 32.2 Å². The fourth-order valence-electron chi connectivity index (χ4n) is 2.38. The van der Waals surface area contributed by atoms with E-state index < -0.39 is 0 Å². The molecule has 0 bridgehead atoms. The quantitative estimate of drug-likeness (QED) is 0.611. The summed E-state index contributed by atoms with van der Waals surface area (Å²) in [6.07, 6.45) is 2.64. The number of guanidine groups is 1. The number of nitrogens with one attached hydrogen (secondary N) is 1. The number of likely N-dealkylation sites (N-methyl/N-ethyl adjacent to an activating group) is 1. The summed E-state index contributed by atoms with van der Waals surface area (Å²) < 4.78 is 0. The van der Waals surface area contributed by atoms with E-state index in [2.05, 4.69) is 49.9 Å². The summed E-state index contributed by atoms with van der Waals surface area (Å²) in [4.78, 5) is 9.55. The molecular formula is C15H32N4. The van der Waals surface area contributed by atoms with Gasteiger partial charge in [-0.1, -0.05) is 6.92 Å². The molecule has 1 atom stereocenters. The van der Waals surface area contributed by atoms with Gasteiger partial charge in [-0.25, -0.2) is 0 Å². The maximum atomic E-state index is 4.78. The average Bonchev–Trinajstić information content (AvgIpc) is 2.37. The molecule has 1 unspecified atom stereocenters. The van der Waals surface area contributed by atoms with E-state index in [1.54, 1.807) is 0 Å². The van der Waals surface area contributed by atoms with Crippen LogP contribution in [0.2, 0.25) is 0 Å². The molecule has 19 heavy (non-hydrogen) atoms. The number of hydrogen-bond acceptors (Lipinski definition) is 2. The minimum absolute atomic E-state index is 0.591. The van der Waals surface area contributed by atoms with Crippen LogP contribution < -0.4 is 5.32 Å². The Morgan fingerprint density at radius 1 is 1.47 bits per heavy atom. The monoisotopic (exact) mass is 268 g/mol. The second-order valence-corrected chi connectivity index (χ2v) is 6.00. The normalized spacial score (nSPS) is 21.3. The molecule has 0 saturated carbocycles. The van der Waals surface area contributed by atoms with Crippen molar-refractivity contribution >= 4 is 5.96 Å². The van der Waals surface area contributed by atoms with Crippen molar-refractivity contribution in [3.8, 4) is 0 Å². The Kier molecular flexibility index (Phi) is 7.21. The van der Waals surface area contributed by atoms with Gasteiger partial charge in [0.2, 0.25) is 0 Å². The molecule has 1 fully saturated rings. The highest BCUT2D eigenvalue weighted by Crippen LogP contribution is 2.15. The fraction of sp³-hybridized carbons (Fsp3) is 0.933. The molecule has 0 aromatic rings. The third-order valence-electron chi connectivity index (χ3n) is 3.89. The second-order valence-electron chi connectivity index (χ2n) is 6.00. The smallest absolute Gasteiger partial charge is 0.193 e. The number of likely N-dealkylation sites (tertiary alicyclic amines) is 1. The Morgan fingerprint density at radius 3 is 2.79 bits per heavy atom. The Morgan fingerprint density at radius 2 is 2.21 bits per heavy atom. The lowest BCUT2D eigenvalue weighted by atomic mass is 10.0. The minimum Gasteiger partial charge on any atom is -0.357 e. The third-order valence-corrected chi connectivity index (χ3v) is 3.89. The van der Waals surface area contributed by atoms with Crippen molar-refractivity contribution in [1.82, 2.24) is 15.1 Å². The topological polar surface area (TPSA) is 30.9 Å². The highest BCUT2D eigenvalue weighted by molar-refractivity contribution is 5.80. The van der Waals surface area contributed by atoms with E-state index >= 15 is 0 Å². The van der Waals surface area contributed by atoms with Crippen LogP contribution in [0, 0.1) is 5.92 Å². The van der Waals surface area contributed by atoms with Crippen LogP contribution in [0.25, 0.3) is 0 Å². The van der Waals surface area contributed by atoms with Gasteiger partial charge < -0.3 is 15.1 Å². The standard InChI is InChI=1S/C15H32N4/c1-6-16-15(17-9-11-18(5)13(2)3)19-10-7-8-14(4)12-19/h13-14H,6-12H2,1-5H3,(H,16,17). The van der Waals surface area contributed by atoms with Crippen molar-refractivity contribution in [3.63, 3.8) is 0 Å². The lowest BCUT2D eigenvalue weighted by Crippen LogP contribution is -2.46. The van der Waals surface area contributed by atoms with Crippen LogP contribution in [-0.4, -0.2) is 61.6 Å². The minimum atomic E-state index is 0.591. The van der Waals surface area contributed by atoms with Gasteiger partial charge in [0.05, 0.1) is 6.54 Å². The zero-order chi connectivity index (χ0) is 14.3. The molecule has 0 amide bonds. The number of rotatable bonds is 5. The Labute approximate surface area is 119 Å². The van der Waals surface area contributed by atoms with Crippen molar-refractivity contribution in [2.45, 2.75) is 46.6 Å². The maximum Gasteiger partial charge on any atom is 0.193 e. The summed E-state index contributed by atoms with van der Waals surface area (Å²) in [5, 5.41) is 3.43. The van der Waals surface area contributed by atoms with Crippen molar-refractivity contribution in [2.75, 3.05) is 39.8 Å². The zero-order valence-corrected chi connectivity index (χ0v) is 13.4. The predicted molar refractivity (Wildman–Crippen MR) is 83.7 cm³/mol. The summed E-state index contributed by atoms with van der Waals surface area (Å²) in [5.74, 6) is 1.89. The van der Waals surface area contributed by atoms with E-state index in [9.17, 15) is 0 Å². The molecule has 1 heterocycles. The highest BCUT2D eigenvalue weighted by atomic mass is 15.3. The molecule has 1 saturated heterocycles. The molecular weight excluding hydrogens is 236 g/mol. The number of piperidine rings is 1. The van der Waals surface area contributed by atoms with Crippen LogP contribution in [0.1, 0.15) is 40.5 Å². The van der Waals surface area contributed by atoms with Gasteiger partial charge in [-0.3, -0.25) is 4.99 Å². The summed E-state index contributed by atoms with van der Waals surface area (Å²) >= 11 is 0. The first kappa shape index (κ1) is 16.3. The maximum absolute atomic E-state index is 4.78. The molecule has 0 aromatic heterocycles. The van der Waals surface area contributed by atoms with E-state index in [0.29, 0.717) is 6.04 Å². The SMILES string of the molecule is CCNC(=NCCN(C)C(C)C)N1CCCC(C)C1. The van der Waals surface area contributed by atoms with Crippen molar-refractivity contribution in [1.29, 1.82) is 0 Å². The van der Waals surface area contributed by atoms with E-state index in [4.69, 9.17) is 4.99 Å². The molecule has 4 nitrogen and oxygen atoms in total. The van der Waals surface area contributed by atoms with Crippen molar-refractivity contribution < 1.29 is 0 Å². The lowest BCUT2D eigenvalue weighted by molar-refractivity contribution is 0.262. The average molecular weight is 268 g/mol. The summed E-state index contributed by atoms with van der Waals surface area (Å²) in [7, 11) is 2.16. The van der Waals surface area contributed by atoms with Gasteiger partial charge >= 0.3 is 0 Å². The van der Waals surface area contributed by atoms with E-state index in [1.807, 2.05) is 0 Å². The fourth-order valence-corrected chi connectivity index (χ4v) is 2.38. The van der Waals surface area contributed by atoms with Crippen molar-refractivity contribution in [2.24, 2.45) is 10.9 Å². The molecule has 1 N–H and O–H groups in total. The van der Waals surface area contributed by atoms with Crippen LogP contribution in [0.4, 0.5) is 0 Å².